The lowest BCUT2D eigenvalue weighted by Crippen LogP contribution is -2.28. The molecule has 0 saturated heterocycles. The molecule has 3 nitrogen and oxygen atoms in total. The van der Waals surface area contributed by atoms with Crippen molar-refractivity contribution in [3.63, 3.8) is 0 Å². The van der Waals surface area contributed by atoms with Gasteiger partial charge in [-0.1, -0.05) is 20.8 Å². The summed E-state index contributed by atoms with van der Waals surface area (Å²) in [4.78, 5) is 4.40. The van der Waals surface area contributed by atoms with Gasteiger partial charge < -0.3 is 10.5 Å². The largest absolute Gasteiger partial charge is 0.489 e. The number of rotatable bonds is 4. The molecule has 19 heavy (non-hydrogen) atoms. The zero-order valence-electron chi connectivity index (χ0n) is 12.3. The lowest BCUT2D eigenvalue weighted by atomic mass is 9.82. The van der Waals surface area contributed by atoms with Crippen LogP contribution in [0.15, 0.2) is 18.3 Å². The second-order valence-electron chi connectivity index (χ2n) is 6.09. The maximum absolute atomic E-state index is 6.06. The number of aromatic nitrogens is 1. The van der Waals surface area contributed by atoms with Crippen LogP contribution in [-0.2, 0) is 0 Å². The van der Waals surface area contributed by atoms with Crippen LogP contribution in [0.25, 0.3) is 0 Å². The normalized spacial score (nSPS) is 28.9. The first-order valence-corrected chi connectivity index (χ1v) is 7.46. The Morgan fingerprint density at radius 2 is 1.95 bits per heavy atom. The second-order valence-corrected chi connectivity index (χ2v) is 6.09. The molecule has 0 bridgehead atoms. The fourth-order valence-electron chi connectivity index (χ4n) is 3.05. The molecular formula is C16H26N2O. The summed E-state index contributed by atoms with van der Waals surface area (Å²) in [6.07, 6.45) is 6.69. The fourth-order valence-corrected chi connectivity index (χ4v) is 3.05. The van der Waals surface area contributed by atoms with Gasteiger partial charge in [0.2, 0.25) is 0 Å². The molecule has 0 spiro atoms. The minimum absolute atomic E-state index is 0.0313. The summed E-state index contributed by atoms with van der Waals surface area (Å²) in [5.41, 5.74) is 6.91. The summed E-state index contributed by atoms with van der Waals surface area (Å²) in [5, 5.41) is 0. The number of nitrogens with two attached hydrogens (primary N) is 1. The number of hydrogen-bond acceptors (Lipinski definition) is 3. The highest BCUT2D eigenvalue weighted by molar-refractivity contribution is 5.21. The van der Waals surface area contributed by atoms with Gasteiger partial charge in [0.1, 0.15) is 5.75 Å². The third kappa shape index (κ3) is 3.93. The van der Waals surface area contributed by atoms with Gasteiger partial charge in [0, 0.05) is 6.04 Å². The van der Waals surface area contributed by atoms with Gasteiger partial charge in [-0.25, -0.2) is 0 Å². The fraction of sp³-hybridized carbons (Fsp3) is 0.688. The van der Waals surface area contributed by atoms with Gasteiger partial charge in [0.15, 0.2) is 0 Å². The van der Waals surface area contributed by atoms with E-state index < -0.39 is 0 Å². The first kappa shape index (κ1) is 14.3. The molecule has 1 aliphatic carbocycles. The van der Waals surface area contributed by atoms with Crippen LogP contribution in [0.3, 0.4) is 0 Å². The molecule has 1 saturated carbocycles. The molecule has 1 aliphatic rings. The van der Waals surface area contributed by atoms with Crippen molar-refractivity contribution < 1.29 is 4.74 Å². The van der Waals surface area contributed by atoms with Crippen LogP contribution in [0.1, 0.15) is 58.2 Å². The second kappa shape index (κ2) is 6.38. The van der Waals surface area contributed by atoms with Gasteiger partial charge in [-0.15, -0.1) is 0 Å². The van der Waals surface area contributed by atoms with E-state index in [2.05, 4.69) is 25.8 Å². The van der Waals surface area contributed by atoms with Crippen molar-refractivity contribution in [2.75, 3.05) is 0 Å². The molecule has 0 aromatic carbocycles. The van der Waals surface area contributed by atoms with E-state index in [9.17, 15) is 0 Å². The van der Waals surface area contributed by atoms with Crippen molar-refractivity contribution in [2.45, 2.75) is 58.6 Å². The molecule has 0 radical (unpaired) electrons. The molecule has 2 rings (SSSR count). The number of hydrogen-bond donors (Lipinski definition) is 1. The van der Waals surface area contributed by atoms with E-state index in [4.69, 9.17) is 10.5 Å². The summed E-state index contributed by atoms with van der Waals surface area (Å²) in [7, 11) is 0. The minimum atomic E-state index is 0.0313. The molecule has 1 aromatic heterocycles. The molecule has 3 heteroatoms. The Hall–Kier alpha value is -1.09. The zero-order valence-corrected chi connectivity index (χ0v) is 12.3. The maximum Gasteiger partial charge on any atom is 0.138 e. The first-order valence-electron chi connectivity index (χ1n) is 7.46. The topological polar surface area (TPSA) is 48.1 Å². The molecule has 3 unspecified atom stereocenters. The van der Waals surface area contributed by atoms with Crippen molar-refractivity contribution in [1.29, 1.82) is 0 Å². The van der Waals surface area contributed by atoms with Gasteiger partial charge in [0.05, 0.1) is 18.0 Å². The van der Waals surface area contributed by atoms with Gasteiger partial charge >= 0.3 is 0 Å². The van der Waals surface area contributed by atoms with Gasteiger partial charge in [-0.05, 0) is 49.7 Å². The van der Waals surface area contributed by atoms with Crippen LogP contribution in [0.2, 0.25) is 0 Å². The zero-order chi connectivity index (χ0) is 13.8. The van der Waals surface area contributed by atoms with E-state index in [0.29, 0.717) is 6.10 Å². The van der Waals surface area contributed by atoms with E-state index in [1.54, 1.807) is 0 Å². The van der Waals surface area contributed by atoms with Gasteiger partial charge in [0.25, 0.3) is 0 Å². The van der Waals surface area contributed by atoms with Crippen LogP contribution < -0.4 is 10.5 Å². The number of ether oxygens (including phenoxy) is 1. The summed E-state index contributed by atoms with van der Waals surface area (Å²) < 4.78 is 6.06. The number of nitrogens with zero attached hydrogens (tertiary/aromatic N) is 1. The molecule has 3 atom stereocenters. The molecule has 1 heterocycles. The van der Waals surface area contributed by atoms with Crippen LogP contribution in [0.5, 0.6) is 5.75 Å². The Balaban J connectivity index is 1.95. The summed E-state index contributed by atoms with van der Waals surface area (Å²) in [5.74, 6) is 2.39. The molecule has 0 amide bonds. The van der Waals surface area contributed by atoms with Crippen molar-refractivity contribution in [3.8, 4) is 5.75 Å². The third-order valence-electron chi connectivity index (χ3n) is 4.02. The lowest BCUT2D eigenvalue weighted by molar-refractivity contribution is 0.101. The molecular weight excluding hydrogens is 236 g/mol. The van der Waals surface area contributed by atoms with E-state index in [0.717, 1.165) is 42.5 Å². The predicted molar refractivity (Wildman–Crippen MR) is 78.1 cm³/mol. The van der Waals surface area contributed by atoms with E-state index in [-0.39, 0.29) is 6.04 Å². The predicted octanol–water partition coefficient (Wildman–Crippen LogP) is 3.69. The standard InChI is InChI=1S/C16H26N2O/c1-4-15(17)16-6-5-13(10-18-16)19-14-8-11(2)7-12(3)9-14/h5-6,10-12,14-15H,4,7-9,17H2,1-3H3. The first-order chi connectivity index (χ1) is 9.08. The Bertz CT molecular complexity index is 380. The lowest BCUT2D eigenvalue weighted by Gasteiger charge is -2.31. The maximum atomic E-state index is 6.06. The van der Waals surface area contributed by atoms with E-state index >= 15 is 0 Å². The molecule has 0 aliphatic heterocycles. The smallest absolute Gasteiger partial charge is 0.138 e. The highest BCUT2D eigenvalue weighted by atomic mass is 16.5. The van der Waals surface area contributed by atoms with E-state index in [1.165, 1.54) is 6.42 Å². The Morgan fingerprint density at radius 1 is 1.26 bits per heavy atom. The Morgan fingerprint density at radius 3 is 2.47 bits per heavy atom. The summed E-state index contributed by atoms with van der Waals surface area (Å²) in [6, 6.07) is 4.02. The number of pyridine rings is 1. The highest BCUT2D eigenvalue weighted by Gasteiger charge is 2.25. The van der Waals surface area contributed by atoms with Crippen molar-refractivity contribution in [2.24, 2.45) is 17.6 Å². The Labute approximate surface area is 116 Å². The van der Waals surface area contributed by atoms with Crippen molar-refractivity contribution in [1.82, 2.24) is 4.98 Å². The van der Waals surface area contributed by atoms with Crippen molar-refractivity contribution >= 4 is 0 Å². The van der Waals surface area contributed by atoms with Crippen LogP contribution in [0, 0.1) is 11.8 Å². The third-order valence-corrected chi connectivity index (χ3v) is 4.02. The quantitative estimate of drug-likeness (QED) is 0.900. The molecule has 2 N–H and O–H groups in total. The monoisotopic (exact) mass is 262 g/mol. The van der Waals surface area contributed by atoms with Crippen LogP contribution in [0.4, 0.5) is 0 Å². The van der Waals surface area contributed by atoms with Crippen LogP contribution in [-0.4, -0.2) is 11.1 Å². The van der Waals surface area contributed by atoms with E-state index in [1.807, 2.05) is 18.3 Å². The molecule has 106 valence electrons. The van der Waals surface area contributed by atoms with Crippen LogP contribution >= 0.6 is 0 Å². The van der Waals surface area contributed by atoms with Gasteiger partial charge in [-0.3, -0.25) is 4.98 Å². The molecule has 1 aromatic rings. The SMILES string of the molecule is CCC(N)c1ccc(OC2CC(C)CC(C)C2)cn1. The summed E-state index contributed by atoms with van der Waals surface area (Å²) >= 11 is 0. The molecule has 1 fully saturated rings. The minimum Gasteiger partial charge on any atom is -0.489 e. The van der Waals surface area contributed by atoms with Crippen molar-refractivity contribution in [3.05, 3.63) is 24.0 Å². The average molecular weight is 262 g/mol. The average Bonchev–Trinajstić information content (AvgIpc) is 2.37. The summed E-state index contributed by atoms with van der Waals surface area (Å²) in [6.45, 7) is 6.70. The van der Waals surface area contributed by atoms with Gasteiger partial charge in [-0.2, -0.15) is 0 Å². The Kier molecular flexibility index (Phi) is 4.81. The highest BCUT2D eigenvalue weighted by Crippen LogP contribution is 2.31.